The van der Waals surface area contributed by atoms with E-state index in [2.05, 4.69) is 4.98 Å². The van der Waals surface area contributed by atoms with Gasteiger partial charge in [-0.05, 0) is 30.3 Å². The van der Waals surface area contributed by atoms with Crippen molar-refractivity contribution in [3.8, 4) is 39.8 Å². The summed E-state index contributed by atoms with van der Waals surface area (Å²) in [5, 5.41) is 9.64. The fraction of sp³-hybridized carbons (Fsp3) is 0.167. The first-order valence-electron chi connectivity index (χ1n) is 7.48. The van der Waals surface area contributed by atoms with E-state index in [1.165, 1.54) is 20.3 Å². The van der Waals surface area contributed by atoms with Gasteiger partial charge in [-0.1, -0.05) is 0 Å². The number of aromatic nitrogens is 2. The minimum absolute atomic E-state index is 0.0117. The minimum Gasteiger partial charge on any atom is -0.506 e. The van der Waals surface area contributed by atoms with E-state index in [0.717, 1.165) is 11.3 Å². The molecule has 3 rings (SSSR count). The SMILES string of the molecule is COc1cc(-c2ncn(C)c2-c2ccc(O)c(N)c2)cc(OC)c1F. The van der Waals surface area contributed by atoms with Gasteiger partial charge in [-0.2, -0.15) is 4.39 Å². The zero-order valence-electron chi connectivity index (χ0n) is 14.1. The van der Waals surface area contributed by atoms with Crippen molar-refractivity contribution in [2.24, 2.45) is 7.05 Å². The molecule has 1 heterocycles. The monoisotopic (exact) mass is 343 g/mol. The molecule has 7 heteroatoms. The van der Waals surface area contributed by atoms with E-state index in [0.29, 0.717) is 11.3 Å². The largest absolute Gasteiger partial charge is 0.506 e. The Morgan fingerprint density at radius 2 is 1.72 bits per heavy atom. The molecule has 0 aliphatic carbocycles. The molecule has 3 N–H and O–H groups in total. The summed E-state index contributed by atoms with van der Waals surface area (Å²) in [4.78, 5) is 4.42. The minimum atomic E-state index is -0.569. The standard InChI is InChI=1S/C18H18FN3O3/c1-22-9-21-17(18(22)10-4-5-13(23)12(20)6-10)11-7-14(24-2)16(19)15(8-11)25-3/h4-9,23H,20H2,1-3H3. The van der Waals surface area contributed by atoms with Crippen molar-refractivity contribution in [1.29, 1.82) is 0 Å². The number of hydrogen-bond donors (Lipinski definition) is 2. The Morgan fingerprint density at radius 1 is 1.08 bits per heavy atom. The number of aryl methyl sites for hydroxylation is 1. The second-order valence-corrected chi connectivity index (χ2v) is 5.52. The van der Waals surface area contributed by atoms with E-state index >= 15 is 0 Å². The van der Waals surface area contributed by atoms with Gasteiger partial charge in [0.25, 0.3) is 0 Å². The van der Waals surface area contributed by atoms with Crippen LogP contribution >= 0.6 is 0 Å². The quantitative estimate of drug-likeness (QED) is 0.561. The van der Waals surface area contributed by atoms with E-state index in [9.17, 15) is 9.50 Å². The van der Waals surface area contributed by atoms with Crippen LogP contribution in [0.3, 0.4) is 0 Å². The molecule has 2 aromatic carbocycles. The van der Waals surface area contributed by atoms with Gasteiger partial charge in [-0.3, -0.25) is 0 Å². The lowest BCUT2D eigenvalue weighted by Gasteiger charge is -2.12. The fourth-order valence-corrected chi connectivity index (χ4v) is 2.69. The van der Waals surface area contributed by atoms with Gasteiger partial charge < -0.3 is 24.9 Å². The normalized spacial score (nSPS) is 10.7. The number of methoxy groups -OCH3 is 2. The number of nitrogen functional groups attached to an aromatic ring is 1. The molecule has 0 amide bonds. The second kappa shape index (κ2) is 6.35. The molecule has 0 saturated heterocycles. The van der Waals surface area contributed by atoms with E-state index in [1.807, 2.05) is 11.6 Å². The van der Waals surface area contributed by atoms with Crippen LogP contribution in [0, 0.1) is 5.82 Å². The molecule has 3 aromatic rings. The third-order valence-electron chi connectivity index (χ3n) is 3.96. The van der Waals surface area contributed by atoms with Gasteiger partial charge >= 0.3 is 0 Å². The molecule has 0 aliphatic heterocycles. The van der Waals surface area contributed by atoms with Crippen LogP contribution in [0.4, 0.5) is 10.1 Å². The van der Waals surface area contributed by atoms with Gasteiger partial charge in [0.05, 0.1) is 37.6 Å². The Bertz CT molecular complexity index is 912. The molecule has 0 bridgehead atoms. The lowest BCUT2D eigenvalue weighted by Crippen LogP contribution is -1.97. The summed E-state index contributed by atoms with van der Waals surface area (Å²) in [6, 6.07) is 8.05. The summed E-state index contributed by atoms with van der Waals surface area (Å²) >= 11 is 0. The number of hydrogen-bond acceptors (Lipinski definition) is 5. The molecule has 25 heavy (non-hydrogen) atoms. The number of rotatable bonds is 4. The van der Waals surface area contributed by atoms with Crippen LogP contribution in [0.25, 0.3) is 22.5 Å². The Morgan fingerprint density at radius 3 is 2.28 bits per heavy atom. The molecule has 0 aliphatic rings. The first kappa shape index (κ1) is 16.6. The molecule has 0 saturated carbocycles. The number of nitrogens with two attached hydrogens (primary N) is 1. The molecule has 0 radical (unpaired) electrons. The Kier molecular flexibility index (Phi) is 4.22. The molecular weight excluding hydrogens is 325 g/mol. The van der Waals surface area contributed by atoms with Crippen LogP contribution in [0.1, 0.15) is 0 Å². The van der Waals surface area contributed by atoms with Crippen molar-refractivity contribution in [1.82, 2.24) is 9.55 Å². The number of halogens is 1. The van der Waals surface area contributed by atoms with Crippen molar-refractivity contribution in [2.45, 2.75) is 0 Å². The molecule has 0 fully saturated rings. The zero-order chi connectivity index (χ0) is 18.1. The number of phenolic OH excluding ortho intramolecular Hbond substituents is 1. The average Bonchev–Trinajstić information content (AvgIpc) is 2.99. The summed E-state index contributed by atoms with van der Waals surface area (Å²) in [6.45, 7) is 0. The van der Waals surface area contributed by atoms with Gasteiger partial charge in [0, 0.05) is 18.2 Å². The maximum absolute atomic E-state index is 14.2. The van der Waals surface area contributed by atoms with E-state index < -0.39 is 5.82 Å². The number of phenols is 1. The van der Waals surface area contributed by atoms with E-state index in [4.69, 9.17) is 15.2 Å². The topological polar surface area (TPSA) is 82.5 Å². The van der Waals surface area contributed by atoms with Crippen LogP contribution in [-0.2, 0) is 7.05 Å². The van der Waals surface area contributed by atoms with Gasteiger partial charge in [-0.25, -0.2) is 4.98 Å². The van der Waals surface area contributed by atoms with Gasteiger partial charge in [0.2, 0.25) is 5.82 Å². The predicted molar refractivity (Wildman–Crippen MR) is 93.2 cm³/mol. The Balaban J connectivity index is 2.21. The third-order valence-corrected chi connectivity index (χ3v) is 3.96. The fourth-order valence-electron chi connectivity index (χ4n) is 2.69. The number of aromatic hydroxyl groups is 1. The zero-order valence-corrected chi connectivity index (χ0v) is 14.1. The van der Waals surface area contributed by atoms with Crippen LogP contribution < -0.4 is 15.2 Å². The first-order chi connectivity index (χ1) is 12.0. The van der Waals surface area contributed by atoms with E-state index in [-0.39, 0.29) is 22.9 Å². The highest BCUT2D eigenvalue weighted by atomic mass is 19.1. The van der Waals surface area contributed by atoms with Gasteiger partial charge in [0.1, 0.15) is 5.75 Å². The molecule has 6 nitrogen and oxygen atoms in total. The smallest absolute Gasteiger partial charge is 0.206 e. The summed E-state index contributed by atoms with van der Waals surface area (Å²) < 4.78 is 26.2. The summed E-state index contributed by atoms with van der Waals surface area (Å²) in [5.41, 5.74) is 8.86. The number of imidazole rings is 1. The third kappa shape index (κ3) is 2.84. The first-order valence-corrected chi connectivity index (χ1v) is 7.48. The maximum Gasteiger partial charge on any atom is 0.206 e. The molecule has 130 valence electrons. The number of nitrogens with zero attached hydrogens (tertiary/aromatic N) is 2. The number of ether oxygens (including phenoxy) is 2. The average molecular weight is 343 g/mol. The van der Waals surface area contributed by atoms with Crippen LogP contribution in [0.15, 0.2) is 36.7 Å². The van der Waals surface area contributed by atoms with Gasteiger partial charge in [-0.15, -0.1) is 0 Å². The van der Waals surface area contributed by atoms with Crippen molar-refractivity contribution in [3.63, 3.8) is 0 Å². The van der Waals surface area contributed by atoms with Crippen molar-refractivity contribution >= 4 is 5.69 Å². The predicted octanol–water partition coefficient (Wildman–Crippen LogP) is 3.20. The Labute approximate surface area is 144 Å². The van der Waals surface area contributed by atoms with Crippen molar-refractivity contribution < 1.29 is 19.0 Å². The maximum atomic E-state index is 14.2. The van der Waals surface area contributed by atoms with Gasteiger partial charge in [0.15, 0.2) is 11.5 Å². The molecule has 1 aromatic heterocycles. The molecular formula is C18H18FN3O3. The second-order valence-electron chi connectivity index (χ2n) is 5.52. The van der Waals surface area contributed by atoms with Crippen LogP contribution in [0.2, 0.25) is 0 Å². The molecule has 0 spiro atoms. The molecule has 0 unspecified atom stereocenters. The Hall–Kier alpha value is -3.22. The summed E-state index contributed by atoms with van der Waals surface area (Å²) in [6.07, 6.45) is 1.65. The highest BCUT2D eigenvalue weighted by Gasteiger charge is 2.19. The van der Waals surface area contributed by atoms with Crippen molar-refractivity contribution in [3.05, 3.63) is 42.5 Å². The highest BCUT2D eigenvalue weighted by Crippen LogP contribution is 2.38. The summed E-state index contributed by atoms with van der Waals surface area (Å²) in [5.74, 6) is -0.426. The summed E-state index contributed by atoms with van der Waals surface area (Å²) in [7, 11) is 4.62. The number of benzene rings is 2. The highest BCUT2D eigenvalue weighted by molar-refractivity contribution is 5.81. The van der Waals surface area contributed by atoms with Crippen molar-refractivity contribution in [2.75, 3.05) is 20.0 Å². The van der Waals surface area contributed by atoms with E-state index in [1.54, 1.807) is 30.6 Å². The lowest BCUT2D eigenvalue weighted by molar-refractivity contribution is 0.351. The molecule has 0 atom stereocenters. The van der Waals surface area contributed by atoms with Crippen LogP contribution in [0.5, 0.6) is 17.2 Å². The lowest BCUT2D eigenvalue weighted by atomic mass is 10.0. The van der Waals surface area contributed by atoms with Crippen LogP contribution in [-0.4, -0.2) is 28.9 Å². The number of anilines is 1.